The highest BCUT2D eigenvalue weighted by molar-refractivity contribution is 9.10. The van der Waals surface area contributed by atoms with E-state index in [1.54, 1.807) is 0 Å². The number of rotatable bonds is 4. The molecular formula is C17H24BrNO. The van der Waals surface area contributed by atoms with Crippen LogP contribution in [0, 0.1) is 12.3 Å². The third kappa shape index (κ3) is 2.39. The normalized spacial score (nSPS) is 27.6. The van der Waals surface area contributed by atoms with Crippen molar-refractivity contribution in [2.45, 2.75) is 58.1 Å². The van der Waals surface area contributed by atoms with Crippen LogP contribution in [0.3, 0.4) is 0 Å². The quantitative estimate of drug-likeness (QED) is 0.842. The van der Waals surface area contributed by atoms with Gasteiger partial charge in [-0.25, -0.2) is 0 Å². The number of ether oxygens (including phenoxy) is 1. The molecule has 2 aliphatic rings. The Bertz CT molecular complexity index is 482. The summed E-state index contributed by atoms with van der Waals surface area (Å²) in [7, 11) is 0. The van der Waals surface area contributed by atoms with Crippen molar-refractivity contribution >= 4 is 21.6 Å². The van der Waals surface area contributed by atoms with Gasteiger partial charge in [0.05, 0.1) is 6.10 Å². The van der Waals surface area contributed by atoms with E-state index in [0.717, 1.165) is 17.5 Å². The molecule has 20 heavy (non-hydrogen) atoms. The van der Waals surface area contributed by atoms with E-state index in [1.807, 2.05) is 0 Å². The Morgan fingerprint density at radius 3 is 2.75 bits per heavy atom. The molecule has 2 nitrogen and oxygen atoms in total. The van der Waals surface area contributed by atoms with Crippen LogP contribution in [0.1, 0.15) is 44.6 Å². The van der Waals surface area contributed by atoms with Gasteiger partial charge in [0.15, 0.2) is 0 Å². The molecule has 0 aromatic heterocycles. The molecule has 2 atom stereocenters. The molecule has 0 saturated heterocycles. The first-order chi connectivity index (χ1) is 9.65. The Labute approximate surface area is 130 Å². The Hall–Kier alpha value is -0.540. The number of anilines is 1. The van der Waals surface area contributed by atoms with Gasteiger partial charge in [0, 0.05) is 28.2 Å². The molecule has 0 heterocycles. The number of hydrogen-bond acceptors (Lipinski definition) is 2. The van der Waals surface area contributed by atoms with Crippen LogP contribution in [0.15, 0.2) is 22.7 Å². The first-order valence-corrected chi connectivity index (χ1v) is 8.59. The minimum atomic E-state index is 0.398. The van der Waals surface area contributed by atoms with E-state index in [4.69, 9.17) is 4.74 Å². The Morgan fingerprint density at radius 2 is 2.10 bits per heavy atom. The van der Waals surface area contributed by atoms with Crippen LogP contribution in [0.25, 0.3) is 0 Å². The van der Waals surface area contributed by atoms with Crippen molar-refractivity contribution < 1.29 is 4.74 Å². The summed E-state index contributed by atoms with van der Waals surface area (Å²) in [5, 5.41) is 3.79. The van der Waals surface area contributed by atoms with E-state index in [0.29, 0.717) is 17.6 Å². The summed E-state index contributed by atoms with van der Waals surface area (Å²) < 4.78 is 7.14. The predicted molar refractivity (Wildman–Crippen MR) is 87.2 cm³/mol. The van der Waals surface area contributed by atoms with Gasteiger partial charge in [0.25, 0.3) is 0 Å². The van der Waals surface area contributed by atoms with Gasteiger partial charge in [0.1, 0.15) is 0 Å². The average molecular weight is 338 g/mol. The molecule has 0 bridgehead atoms. The highest BCUT2D eigenvalue weighted by atomic mass is 79.9. The van der Waals surface area contributed by atoms with E-state index in [9.17, 15) is 0 Å². The van der Waals surface area contributed by atoms with Crippen LogP contribution >= 0.6 is 15.9 Å². The summed E-state index contributed by atoms with van der Waals surface area (Å²) in [6.45, 7) is 5.13. The largest absolute Gasteiger partial charge is 0.381 e. The zero-order valence-corrected chi connectivity index (χ0v) is 14.0. The lowest BCUT2D eigenvalue weighted by Gasteiger charge is -2.54. The van der Waals surface area contributed by atoms with Crippen molar-refractivity contribution in [1.82, 2.24) is 0 Å². The van der Waals surface area contributed by atoms with Crippen molar-refractivity contribution in [3.8, 4) is 0 Å². The highest BCUT2D eigenvalue weighted by Crippen LogP contribution is 2.55. The number of benzene rings is 1. The van der Waals surface area contributed by atoms with E-state index in [-0.39, 0.29) is 0 Å². The molecule has 1 spiro atoms. The number of halogens is 1. The number of nitrogens with one attached hydrogen (secondary N) is 1. The second-order valence-electron chi connectivity index (χ2n) is 6.28. The summed E-state index contributed by atoms with van der Waals surface area (Å²) in [5.41, 5.74) is 2.99. The molecule has 1 N–H and O–H groups in total. The topological polar surface area (TPSA) is 21.3 Å². The Morgan fingerprint density at radius 1 is 1.35 bits per heavy atom. The molecule has 2 unspecified atom stereocenters. The Balaban J connectivity index is 1.74. The number of hydrogen-bond donors (Lipinski definition) is 1. The van der Waals surface area contributed by atoms with Crippen molar-refractivity contribution in [2.75, 3.05) is 11.9 Å². The van der Waals surface area contributed by atoms with Crippen molar-refractivity contribution in [1.29, 1.82) is 0 Å². The molecule has 0 radical (unpaired) electrons. The second-order valence-corrected chi connectivity index (χ2v) is 7.19. The van der Waals surface area contributed by atoms with Crippen molar-refractivity contribution in [2.24, 2.45) is 5.41 Å². The fraction of sp³-hybridized carbons (Fsp3) is 0.647. The zero-order valence-electron chi connectivity index (χ0n) is 12.4. The highest BCUT2D eigenvalue weighted by Gasteiger charge is 2.56. The van der Waals surface area contributed by atoms with Gasteiger partial charge >= 0.3 is 0 Å². The number of aryl methyl sites for hydroxylation is 1. The van der Waals surface area contributed by atoms with Crippen LogP contribution in [0.2, 0.25) is 0 Å². The molecule has 1 aromatic rings. The molecule has 3 heteroatoms. The molecular weight excluding hydrogens is 314 g/mol. The van der Waals surface area contributed by atoms with Gasteiger partial charge in [-0.2, -0.15) is 0 Å². The lowest BCUT2D eigenvalue weighted by Crippen LogP contribution is -2.60. The SMILES string of the molecule is CCOC1CC(Nc2ccc(Br)cc2C)C12CCCC2. The fourth-order valence-corrected chi connectivity index (χ4v) is 4.54. The maximum Gasteiger partial charge on any atom is 0.0670 e. The summed E-state index contributed by atoms with van der Waals surface area (Å²) in [5.74, 6) is 0. The van der Waals surface area contributed by atoms with Gasteiger partial charge in [-0.1, -0.05) is 28.8 Å². The summed E-state index contributed by atoms with van der Waals surface area (Å²) in [6, 6.07) is 7.08. The molecule has 3 rings (SSSR count). The second kappa shape index (κ2) is 5.69. The lowest BCUT2D eigenvalue weighted by molar-refractivity contribution is -0.114. The third-order valence-corrected chi connectivity index (χ3v) is 5.70. The molecule has 0 aliphatic heterocycles. The standard InChI is InChI=1S/C17H24BrNO/c1-3-20-16-11-15(17(16)8-4-5-9-17)19-14-7-6-13(18)10-12(14)2/h6-7,10,15-16,19H,3-5,8-9,11H2,1-2H3. The first-order valence-electron chi connectivity index (χ1n) is 7.80. The Kier molecular flexibility index (Phi) is 4.09. The van der Waals surface area contributed by atoms with Crippen LogP contribution in [0.4, 0.5) is 5.69 Å². The van der Waals surface area contributed by atoms with Gasteiger partial charge in [-0.3, -0.25) is 0 Å². The summed E-state index contributed by atoms with van der Waals surface area (Å²) in [4.78, 5) is 0. The third-order valence-electron chi connectivity index (χ3n) is 5.21. The molecule has 2 fully saturated rings. The fourth-order valence-electron chi connectivity index (χ4n) is 4.07. The van der Waals surface area contributed by atoms with Gasteiger partial charge in [-0.15, -0.1) is 0 Å². The van der Waals surface area contributed by atoms with Crippen LogP contribution < -0.4 is 5.32 Å². The monoisotopic (exact) mass is 337 g/mol. The minimum absolute atomic E-state index is 0.398. The minimum Gasteiger partial charge on any atom is -0.381 e. The summed E-state index contributed by atoms with van der Waals surface area (Å²) >= 11 is 3.54. The molecule has 110 valence electrons. The van der Waals surface area contributed by atoms with Gasteiger partial charge < -0.3 is 10.1 Å². The smallest absolute Gasteiger partial charge is 0.0670 e. The molecule has 2 aliphatic carbocycles. The van der Waals surface area contributed by atoms with Crippen LogP contribution in [-0.4, -0.2) is 18.8 Å². The maximum absolute atomic E-state index is 5.99. The van der Waals surface area contributed by atoms with E-state index in [2.05, 4.69) is 53.3 Å². The molecule has 2 saturated carbocycles. The van der Waals surface area contributed by atoms with Crippen LogP contribution in [-0.2, 0) is 4.74 Å². The van der Waals surface area contributed by atoms with E-state index >= 15 is 0 Å². The van der Waals surface area contributed by atoms with E-state index < -0.39 is 0 Å². The lowest BCUT2D eigenvalue weighted by atomic mass is 9.60. The van der Waals surface area contributed by atoms with Gasteiger partial charge in [0.2, 0.25) is 0 Å². The predicted octanol–water partition coefficient (Wildman–Crippen LogP) is 4.91. The molecule has 0 amide bonds. The van der Waals surface area contributed by atoms with E-state index in [1.165, 1.54) is 36.9 Å². The maximum atomic E-state index is 5.99. The van der Waals surface area contributed by atoms with Crippen molar-refractivity contribution in [3.63, 3.8) is 0 Å². The first kappa shape index (κ1) is 14.4. The van der Waals surface area contributed by atoms with Crippen molar-refractivity contribution in [3.05, 3.63) is 28.2 Å². The summed E-state index contributed by atoms with van der Waals surface area (Å²) in [6.07, 6.45) is 7.00. The average Bonchev–Trinajstić information content (AvgIpc) is 2.92. The zero-order chi connectivity index (χ0) is 14.2. The van der Waals surface area contributed by atoms with Crippen LogP contribution in [0.5, 0.6) is 0 Å². The molecule has 1 aromatic carbocycles. The van der Waals surface area contributed by atoms with Gasteiger partial charge in [-0.05, 0) is 56.9 Å².